The fraction of sp³-hybridized carbons (Fsp3) is 0.846. The Bertz CT molecular complexity index is 680. The van der Waals surface area contributed by atoms with E-state index in [9.17, 15) is 9.59 Å². The van der Waals surface area contributed by atoms with E-state index in [0.29, 0.717) is 0 Å². The summed E-state index contributed by atoms with van der Waals surface area (Å²) >= 11 is 0. The molecule has 0 aromatic heterocycles. The minimum absolute atomic E-state index is 0. The molecule has 0 spiro atoms. The van der Waals surface area contributed by atoms with Gasteiger partial charge in [-0.05, 0) is 42.7 Å². The van der Waals surface area contributed by atoms with Crippen LogP contribution in [0, 0.1) is 33.5 Å². The quantitative estimate of drug-likeness (QED) is 0.323. The SMILES string of the molecule is C[C@H](C(OC([NH-])=O)C(C)(C)C)C(C)(C)C.C[C@H](C(OC([NH-])=O)C(C)(C)C)C(C)(C)C.O=C(O)P.[K+].[K+].[NH-]C(=O)P.[NH2-]. The molecule has 0 aromatic rings. The second kappa shape index (κ2) is 25.7. The van der Waals surface area contributed by atoms with E-state index in [-0.39, 0.29) is 155 Å². The molecule has 0 rings (SSSR count). The molecule has 6 atom stereocenters. The maximum Gasteiger partial charge on any atom is 1.00 e. The summed E-state index contributed by atoms with van der Waals surface area (Å²) < 4.78 is 10.3. The maximum atomic E-state index is 10.8. The first-order chi connectivity index (χ1) is 16.4. The van der Waals surface area contributed by atoms with Crippen LogP contribution in [0.2, 0.25) is 0 Å². The third-order valence-electron chi connectivity index (χ3n) is 5.82. The van der Waals surface area contributed by atoms with E-state index in [1.54, 1.807) is 18.5 Å². The molecule has 11 nitrogen and oxygen atoms in total. The number of hydrogen-bond acceptors (Lipinski definition) is 6. The van der Waals surface area contributed by atoms with Gasteiger partial charge in [-0.1, -0.05) is 106 Å². The van der Waals surface area contributed by atoms with Gasteiger partial charge in [0.05, 0.1) is 5.65 Å². The molecule has 0 fully saturated rings. The van der Waals surface area contributed by atoms with E-state index in [1.165, 1.54) is 0 Å². The summed E-state index contributed by atoms with van der Waals surface area (Å²) in [5.74, 6) is 0.429. The Morgan fingerprint density at radius 1 is 0.585 bits per heavy atom. The molecular formula is C26H56K2N4O7P2-2. The first-order valence-corrected chi connectivity index (χ1v) is 13.4. The van der Waals surface area contributed by atoms with Gasteiger partial charge in [0, 0.05) is 0 Å². The molecular weight excluding hydrogens is 620 g/mol. The van der Waals surface area contributed by atoms with Crippen LogP contribution in [0.5, 0.6) is 0 Å². The van der Waals surface area contributed by atoms with Crippen molar-refractivity contribution in [1.82, 2.24) is 0 Å². The maximum absolute atomic E-state index is 10.8. The van der Waals surface area contributed by atoms with Gasteiger partial charge in [0.15, 0.2) is 0 Å². The number of carboxylic acid groups (broad SMARTS) is 1. The van der Waals surface area contributed by atoms with Crippen LogP contribution >= 0.6 is 18.5 Å². The Kier molecular flexibility index (Phi) is 36.5. The molecule has 4 unspecified atom stereocenters. The van der Waals surface area contributed by atoms with Gasteiger partial charge in [-0.2, -0.15) is 0 Å². The Balaban J connectivity index is -0.0000000843. The van der Waals surface area contributed by atoms with Crippen molar-refractivity contribution in [3.63, 3.8) is 0 Å². The predicted octanol–water partition coefficient (Wildman–Crippen LogP) is 4.84. The third-order valence-corrected chi connectivity index (χ3v) is 5.82. The zero-order chi connectivity index (χ0) is 32.0. The average molecular weight is 677 g/mol. The molecule has 6 N–H and O–H groups in total. The molecule has 0 aliphatic heterocycles. The van der Waals surface area contributed by atoms with Gasteiger partial charge in [0.2, 0.25) is 12.2 Å². The van der Waals surface area contributed by atoms with Crippen molar-refractivity contribution < 1.29 is 137 Å². The van der Waals surface area contributed by atoms with Crippen LogP contribution in [0.15, 0.2) is 0 Å². The third kappa shape index (κ3) is 37.7. The van der Waals surface area contributed by atoms with Crippen molar-refractivity contribution in [1.29, 1.82) is 0 Å². The van der Waals surface area contributed by atoms with Crippen LogP contribution in [0.4, 0.5) is 19.2 Å². The molecule has 0 aliphatic carbocycles. The van der Waals surface area contributed by atoms with Gasteiger partial charge in [-0.15, -0.1) is 0 Å². The molecule has 41 heavy (non-hydrogen) atoms. The second-order valence-corrected chi connectivity index (χ2v) is 14.4. The first-order valence-electron chi connectivity index (χ1n) is 12.2. The van der Waals surface area contributed by atoms with Crippen molar-refractivity contribution in [3.8, 4) is 0 Å². The summed E-state index contributed by atoms with van der Waals surface area (Å²) in [4.78, 5) is 39.6. The van der Waals surface area contributed by atoms with Gasteiger partial charge in [-0.3, -0.25) is 9.59 Å². The number of rotatable bonds is 4. The van der Waals surface area contributed by atoms with Gasteiger partial charge in [-0.25, -0.2) is 4.79 Å². The number of ether oxygens (including phenoxy) is 2. The van der Waals surface area contributed by atoms with Crippen LogP contribution in [-0.2, 0) is 9.47 Å². The van der Waals surface area contributed by atoms with Crippen LogP contribution in [-0.4, -0.2) is 40.9 Å². The molecule has 236 valence electrons. The van der Waals surface area contributed by atoms with E-state index in [4.69, 9.17) is 41.4 Å². The molecule has 0 heterocycles. The summed E-state index contributed by atoms with van der Waals surface area (Å²) in [6.07, 6.45) is -2.32. The molecule has 0 bridgehead atoms. The monoisotopic (exact) mass is 676 g/mol. The standard InChI is InChI=1S/2C12H25NO2.CH4NOP.CH3O2P.2K.H2N/c2*1-8(11(2,3)4)9(12(5,6)7)15-10(13)14;2*2-1(3)4;;;/h2*8-9H,1-7H3,(H2,13,14);4H2,(H2,2,3);4H2,(H,2,3);;;1H2/q;;;;2*+1;-1/p-3/t2*8-,9?;;;;;/m11...../s1. The normalized spacial score (nSPS) is 13.7. The molecule has 0 saturated heterocycles. The number of nitrogens with two attached hydrogens (primary N) is 1. The fourth-order valence-electron chi connectivity index (χ4n) is 3.20. The smallest absolute Gasteiger partial charge is 0.693 e. The molecule has 0 aromatic carbocycles. The van der Waals surface area contributed by atoms with Crippen LogP contribution < -0.4 is 103 Å². The number of hydrogen-bond donors (Lipinski definition) is 1. The van der Waals surface area contributed by atoms with E-state index in [2.05, 4.69) is 55.4 Å². The van der Waals surface area contributed by atoms with Crippen molar-refractivity contribution >= 4 is 42.0 Å². The number of carbonyl (C=O) groups is 4. The van der Waals surface area contributed by atoms with E-state index in [0.717, 1.165) is 0 Å². The molecule has 0 saturated carbocycles. The Hall–Kier alpha value is 1.57. The summed E-state index contributed by atoms with van der Waals surface area (Å²) in [7, 11) is 3.26. The van der Waals surface area contributed by atoms with E-state index in [1.807, 2.05) is 41.5 Å². The van der Waals surface area contributed by atoms with Crippen LogP contribution in [0.1, 0.15) is 96.9 Å². The Morgan fingerprint density at radius 3 is 0.805 bits per heavy atom. The number of amides is 3. The average Bonchev–Trinajstić information content (AvgIpc) is 2.59. The summed E-state index contributed by atoms with van der Waals surface area (Å²) in [6.45, 7) is 29.0. The molecule has 15 heteroatoms. The van der Waals surface area contributed by atoms with Gasteiger partial charge >= 0.3 is 108 Å². The van der Waals surface area contributed by atoms with Gasteiger partial charge in [0.1, 0.15) is 12.2 Å². The Morgan fingerprint density at radius 2 is 0.732 bits per heavy atom. The predicted molar refractivity (Wildman–Crippen MR) is 168 cm³/mol. The molecule has 3 amide bonds. The van der Waals surface area contributed by atoms with Crippen molar-refractivity contribution in [2.45, 2.75) is 109 Å². The zero-order valence-electron chi connectivity index (χ0n) is 28.4. The minimum Gasteiger partial charge on any atom is -0.693 e. The van der Waals surface area contributed by atoms with E-state index < -0.39 is 23.5 Å². The number of carbonyl (C=O) groups excluding carboxylic acids is 3. The summed E-state index contributed by atoms with van der Waals surface area (Å²) in [6, 6.07) is 0. The Labute approximate surface area is 339 Å². The zero-order valence-corrected chi connectivity index (χ0v) is 37.0. The summed E-state index contributed by atoms with van der Waals surface area (Å²) in [5.41, 5.74) is 18.0. The van der Waals surface area contributed by atoms with Crippen LogP contribution in [0.25, 0.3) is 23.4 Å². The molecule has 0 aliphatic rings. The number of nitrogens with one attached hydrogen (secondary N) is 3. The van der Waals surface area contributed by atoms with Gasteiger partial charge in [0.25, 0.3) is 0 Å². The van der Waals surface area contributed by atoms with Crippen molar-refractivity contribution in [3.05, 3.63) is 23.4 Å². The molecule has 0 radical (unpaired) electrons. The van der Waals surface area contributed by atoms with Gasteiger partial charge < -0.3 is 42.7 Å². The summed E-state index contributed by atoms with van der Waals surface area (Å²) in [5, 5.41) is 7.38. The van der Waals surface area contributed by atoms with E-state index >= 15 is 0 Å². The first kappa shape index (κ1) is 58.1. The minimum atomic E-state index is -0.939. The fourth-order valence-corrected chi connectivity index (χ4v) is 3.20. The topological polar surface area (TPSA) is 212 Å². The van der Waals surface area contributed by atoms with Crippen LogP contribution in [0.3, 0.4) is 0 Å². The largest absolute Gasteiger partial charge is 1.00 e. The second-order valence-electron chi connectivity index (χ2n) is 13.4. The van der Waals surface area contributed by atoms with Crippen molar-refractivity contribution in [2.24, 2.45) is 33.5 Å². The van der Waals surface area contributed by atoms with Crippen molar-refractivity contribution in [2.75, 3.05) is 0 Å².